The highest BCUT2D eigenvalue weighted by Gasteiger charge is 2.23. The van der Waals surface area contributed by atoms with Crippen LogP contribution in [0.1, 0.15) is 23.1 Å². The molecule has 0 aliphatic heterocycles. The summed E-state index contributed by atoms with van der Waals surface area (Å²) in [6.07, 6.45) is -0.862. The Morgan fingerprint density at radius 3 is 2.32 bits per heavy atom. The van der Waals surface area contributed by atoms with Crippen molar-refractivity contribution in [3.63, 3.8) is 0 Å². The first-order chi connectivity index (χ1) is 9.13. The van der Waals surface area contributed by atoms with Gasteiger partial charge in [0.15, 0.2) is 0 Å². The summed E-state index contributed by atoms with van der Waals surface area (Å²) in [5.74, 6) is -0.840. The Balaban J connectivity index is 2.32. The fraction of sp³-hybridized carbons (Fsp3) is 0.200. The molecule has 0 amide bonds. The topological polar surface area (TPSA) is 46.2 Å². The van der Waals surface area contributed by atoms with Gasteiger partial charge < -0.3 is 10.8 Å². The zero-order valence-corrected chi connectivity index (χ0v) is 11.0. The molecule has 0 aliphatic rings. The molecule has 0 radical (unpaired) electrons. The predicted molar refractivity (Wildman–Crippen MR) is 74.6 cm³/mol. The molecule has 19 heavy (non-hydrogen) atoms. The SMILES string of the molecule is NCC(c1ccccc1F)C(O)c1ccc(Cl)cc1. The van der Waals surface area contributed by atoms with Gasteiger partial charge in [-0.25, -0.2) is 4.39 Å². The number of benzene rings is 2. The lowest BCUT2D eigenvalue weighted by atomic mass is 9.89. The van der Waals surface area contributed by atoms with Gasteiger partial charge in [0.05, 0.1) is 6.10 Å². The van der Waals surface area contributed by atoms with Crippen LogP contribution in [0, 0.1) is 5.82 Å². The van der Waals surface area contributed by atoms with Crippen molar-refractivity contribution in [1.82, 2.24) is 0 Å². The van der Waals surface area contributed by atoms with Gasteiger partial charge >= 0.3 is 0 Å². The molecule has 0 aromatic heterocycles. The van der Waals surface area contributed by atoms with E-state index in [1.165, 1.54) is 6.07 Å². The van der Waals surface area contributed by atoms with Crippen molar-refractivity contribution in [2.45, 2.75) is 12.0 Å². The van der Waals surface area contributed by atoms with Gasteiger partial charge in [-0.05, 0) is 29.3 Å². The van der Waals surface area contributed by atoms with E-state index in [2.05, 4.69) is 0 Å². The van der Waals surface area contributed by atoms with Crippen LogP contribution in [0.25, 0.3) is 0 Å². The number of hydrogen-bond donors (Lipinski definition) is 2. The maximum Gasteiger partial charge on any atom is 0.126 e. The first-order valence-electron chi connectivity index (χ1n) is 6.01. The molecule has 2 atom stereocenters. The highest BCUT2D eigenvalue weighted by Crippen LogP contribution is 2.32. The Morgan fingerprint density at radius 2 is 1.74 bits per heavy atom. The van der Waals surface area contributed by atoms with Crippen LogP contribution >= 0.6 is 11.6 Å². The van der Waals surface area contributed by atoms with Crippen LogP contribution < -0.4 is 5.73 Å². The van der Waals surface area contributed by atoms with E-state index in [9.17, 15) is 9.50 Å². The summed E-state index contributed by atoms with van der Waals surface area (Å²) in [6.45, 7) is 0.157. The standard InChI is InChI=1S/C15H15ClFNO/c16-11-7-5-10(6-8-11)15(19)13(9-18)12-3-1-2-4-14(12)17/h1-8,13,15,19H,9,18H2. The normalized spacial score (nSPS) is 14.1. The Morgan fingerprint density at radius 1 is 1.11 bits per heavy atom. The van der Waals surface area contributed by atoms with Gasteiger partial charge in [0.1, 0.15) is 5.82 Å². The number of rotatable bonds is 4. The first kappa shape index (κ1) is 14.0. The summed E-state index contributed by atoms with van der Waals surface area (Å²) >= 11 is 5.81. The minimum atomic E-state index is -0.862. The molecule has 100 valence electrons. The smallest absolute Gasteiger partial charge is 0.126 e. The highest BCUT2D eigenvalue weighted by molar-refractivity contribution is 6.30. The molecule has 2 aromatic rings. The molecule has 2 nitrogen and oxygen atoms in total. The van der Waals surface area contributed by atoms with Gasteiger partial charge in [0.2, 0.25) is 0 Å². The van der Waals surface area contributed by atoms with E-state index in [1.54, 1.807) is 42.5 Å². The summed E-state index contributed by atoms with van der Waals surface area (Å²) in [5, 5.41) is 10.9. The quantitative estimate of drug-likeness (QED) is 0.902. The van der Waals surface area contributed by atoms with Gasteiger partial charge in [0, 0.05) is 17.5 Å². The van der Waals surface area contributed by atoms with E-state index in [4.69, 9.17) is 17.3 Å². The number of hydrogen-bond acceptors (Lipinski definition) is 2. The third-order valence-corrected chi connectivity index (χ3v) is 3.40. The van der Waals surface area contributed by atoms with Crippen LogP contribution in [-0.2, 0) is 0 Å². The number of aliphatic hydroxyl groups is 1. The Bertz CT molecular complexity index is 544. The summed E-state index contributed by atoms with van der Waals surface area (Å²) in [4.78, 5) is 0. The van der Waals surface area contributed by atoms with E-state index in [1.807, 2.05) is 0 Å². The molecular weight excluding hydrogens is 265 g/mol. The average Bonchev–Trinajstić information content (AvgIpc) is 2.42. The lowest BCUT2D eigenvalue weighted by molar-refractivity contribution is 0.145. The van der Waals surface area contributed by atoms with Crippen LogP contribution in [0.5, 0.6) is 0 Å². The zero-order valence-electron chi connectivity index (χ0n) is 10.3. The summed E-state index contributed by atoms with van der Waals surface area (Å²) in [7, 11) is 0. The van der Waals surface area contributed by atoms with E-state index in [0.717, 1.165) is 0 Å². The van der Waals surface area contributed by atoms with Crippen LogP contribution in [-0.4, -0.2) is 11.7 Å². The molecule has 0 saturated heterocycles. The summed E-state index contributed by atoms with van der Waals surface area (Å²) in [6, 6.07) is 13.2. The minimum Gasteiger partial charge on any atom is -0.388 e. The molecule has 4 heteroatoms. The Labute approximate surface area is 116 Å². The van der Waals surface area contributed by atoms with Crippen LogP contribution in [0.15, 0.2) is 48.5 Å². The monoisotopic (exact) mass is 279 g/mol. The molecule has 2 aromatic carbocycles. The third kappa shape index (κ3) is 3.13. The zero-order chi connectivity index (χ0) is 13.8. The number of aliphatic hydroxyl groups excluding tert-OH is 1. The van der Waals surface area contributed by atoms with Gasteiger partial charge in [-0.3, -0.25) is 0 Å². The van der Waals surface area contributed by atoms with Gasteiger partial charge in [-0.15, -0.1) is 0 Å². The second kappa shape index (κ2) is 6.15. The van der Waals surface area contributed by atoms with Crippen molar-refractivity contribution >= 4 is 11.6 Å². The van der Waals surface area contributed by atoms with Crippen molar-refractivity contribution < 1.29 is 9.50 Å². The highest BCUT2D eigenvalue weighted by atomic mass is 35.5. The molecule has 0 spiro atoms. The van der Waals surface area contributed by atoms with Gasteiger partial charge in [-0.1, -0.05) is 41.9 Å². The minimum absolute atomic E-state index is 0.157. The maximum absolute atomic E-state index is 13.8. The van der Waals surface area contributed by atoms with Gasteiger partial charge in [0.25, 0.3) is 0 Å². The van der Waals surface area contributed by atoms with Crippen molar-refractivity contribution in [2.75, 3.05) is 6.54 Å². The van der Waals surface area contributed by atoms with E-state index >= 15 is 0 Å². The number of halogens is 2. The van der Waals surface area contributed by atoms with Crippen LogP contribution in [0.3, 0.4) is 0 Å². The van der Waals surface area contributed by atoms with Crippen molar-refractivity contribution in [1.29, 1.82) is 0 Å². The summed E-state index contributed by atoms with van der Waals surface area (Å²) in [5.41, 5.74) is 6.78. The molecule has 0 saturated carbocycles. The van der Waals surface area contributed by atoms with Crippen LogP contribution in [0.4, 0.5) is 4.39 Å². The van der Waals surface area contributed by atoms with E-state index < -0.39 is 12.0 Å². The second-order valence-corrected chi connectivity index (χ2v) is 4.80. The Kier molecular flexibility index (Phi) is 4.53. The lowest BCUT2D eigenvalue weighted by Crippen LogP contribution is -2.21. The molecule has 0 aliphatic carbocycles. The molecular formula is C15H15ClFNO. The first-order valence-corrected chi connectivity index (χ1v) is 6.39. The van der Waals surface area contributed by atoms with Crippen molar-refractivity contribution in [2.24, 2.45) is 5.73 Å². The third-order valence-electron chi connectivity index (χ3n) is 3.15. The van der Waals surface area contributed by atoms with E-state index in [0.29, 0.717) is 16.1 Å². The van der Waals surface area contributed by atoms with Crippen LogP contribution in [0.2, 0.25) is 5.02 Å². The molecule has 3 N–H and O–H groups in total. The van der Waals surface area contributed by atoms with Crippen molar-refractivity contribution in [3.8, 4) is 0 Å². The molecule has 0 fully saturated rings. The summed E-state index contributed by atoms with van der Waals surface area (Å²) < 4.78 is 13.8. The van der Waals surface area contributed by atoms with Gasteiger partial charge in [-0.2, -0.15) is 0 Å². The largest absolute Gasteiger partial charge is 0.388 e. The van der Waals surface area contributed by atoms with E-state index in [-0.39, 0.29) is 12.4 Å². The molecule has 2 unspecified atom stereocenters. The van der Waals surface area contributed by atoms with Crippen molar-refractivity contribution in [3.05, 3.63) is 70.5 Å². The number of nitrogens with two attached hydrogens (primary N) is 1. The molecule has 2 rings (SSSR count). The predicted octanol–water partition coefficient (Wildman–Crippen LogP) is 3.26. The lowest BCUT2D eigenvalue weighted by Gasteiger charge is -2.22. The Hall–Kier alpha value is -1.42. The fourth-order valence-corrected chi connectivity index (χ4v) is 2.22. The average molecular weight is 280 g/mol. The molecule has 0 heterocycles. The maximum atomic E-state index is 13.8. The molecule has 0 bridgehead atoms. The second-order valence-electron chi connectivity index (χ2n) is 4.36. The fourth-order valence-electron chi connectivity index (χ4n) is 2.09.